The van der Waals surface area contributed by atoms with Crippen LogP contribution in [0.3, 0.4) is 0 Å². The number of para-hydroxylation sites is 1. The Hall–Kier alpha value is -2.59. The summed E-state index contributed by atoms with van der Waals surface area (Å²) in [5, 5.41) is 10.4. The van der Waals surface area contributed by atoms with E-state index < -0.39 is 0 Å². The van der Waals surface area contributed by atoms with Crippen LogP contribution in [0, 0.1) is 6.92 Å². The molecule has 1 unspecified atom stereocenters. The molecule has 4 nitrogen and oxygen atoms in total. The van der Waals surface area contributed by atoms with Gasteiger partial charge in [0, 0.05) is 35.3 Å². The van der Waals surface area contributed by atoms with Crippen LogP contribution in [0.25, 0.3) is 10.9 Å². The first-order valence-electron chi connectivity index (χ1n) is 8.30. The zero-order valence-electron chi connectivity index (χ0n) is 13.6. The predicted molar refractivity (Wildman–Crippen MR) is 94.1 cm³/mol. The van der Waals surface area contributed by atoms with Gasteiger partial charge in [-0.2, -0.15) is 0 Å². The number of amides is 1. The number of rotatable bonds is 4. The number of aromatic amines is 1. The van der Waals surface area contributed by atoms with Crippen molar-refractivity contribution < 1.29 is 9.90 Å². The second-order valence-electron chi connectivity index (χ2n) is 6.27. The van der Waals surface area contributed by atoms with Crippen LogP contribution in [-0.4, -0.2) is 34.0 Å². The van der Waals surface area contributed by atoms with Crippen molar-refractivity contribution in [3.63, 3.8) is 0 Å². The highest BCUT2D eigenvalue weighted by molar-refractivity contribution is 6.00. The molecule has 24 heavy (non-hydrogen) atoms. The van der Waals surface area contributed by atoms with Gasteiger partial charge in [0.25, 0.3) is 5.91 Å². The average Bonchev–Trinajstić information content (AvgIpc) is 3.09. The van der Waals surface area contributed by atoms with Crippen LogP contribution in [0.1, 0.15) is 39.6 Å². The maximum atomic E-state index is 12.8. The number of carbonyl (C=O) groups is 1. The second-order valence-corrected chi connectivity index (χ2v) is 6.27. The topological polar surface area (TPSA) is 56.3 Å². The van der Waals surface area contributed by atoms with E-state index in [4.69, 9.17) is 0 Å². The van der Waals surface area contributed by atoms with E-state index in [9.17, 15) is 9.90 Å². The zero-order valence-corrected chi connectivity index (χ0v) is 13.6. The minimum Gasteiger partial charge on any atom is -0.396 e. The largest absolute Gasteiger partial charge is 0.396 e. The van der Waals surface area contributed by atoms with E-state index >= 15 is 0 Å². The molecule has 4 rings (SSSR count). The molecule has 3 aromatic rings. The summed E-state index contributed by atoms with van der Waals surface area (Å²) >= 11 is 0. The van der Waals surface area contributed by atoms with E-state index in [0.29, 0.717) is 13.0 Å². The van der Waals surface area contributed by atoms with E-state index in [-0.39, 0.29) is 18.6 Å². The number of aliphatic hydroxyl groups excluding tert-OH is 1. The number of nitrogens with one attached hydrogen (secondary N) is 1. The molecule has 2 aromatic carbocycles. The van der Waals surface area contributed by atoms with E-state index in [0.717, 1.165) is 22.3 Å². The van der Waals surface area contributed by atoms with Gasteiger partial charge in [0.05, 0.1) is 6.04 Å². The molecule has 0 saturated heterocycles. The van der Waals surface area contributed by atoms with Gasteiger partial charge in [0.2, 0.25) is 0 Å². The van der Waals surface area contributed by atoms with Crippen LogP contribution in [0.15, 0.2) is 48.5 Å². The van der Waals surface area contributed by atoms with Gasteiger partial charge in [-0.05, 0) is 36.6 Å². The zero-order chi connectivity index (χ0) is 16.7. The third-order valence-electron chi connectivity index (χ3n) is 4.89. The maximum absolute atomic E-state index is 12.8. The van der Waals surface area contributed by atoms with E-state index in [1.165, 1.54) is 10.9 Å². The third kappa shape index (κ3) is 2.14. The fourth-order valence-corrected chi connectivity index (χ4v) is 3.73. The molecular formula is C20H20N2O2. The Kier molecular flexibility index (Phi) is 3.62. The molecule has 0 aliphatic carbocycles. The standard InChI is InChI=1S/C20H20N2O2/c1-13-14-7-4-5-10-17(14)21-18(13)19-15-8-2-3-9-16(15)20(24)22(19)11-6-12-23/h2-5,7-10,19,21,23H,6,11-12H2,1H3. The summed E-state index contributed by atoms with van der Waals surface area (Å²) in [7, 11) is 0. The first kappa shape index (κ1) is 15.0. The summed E-state index contributed by atoms with van der Waals surface area (Å²) in [5.41, 5.74) is 5.12. The lowest BCUT2D eigenvalue weighted by Gasteiger charge is -2.25. The summed E-state index contributed by atoms with van der Waals surface area (Å²) < 4.78 is 0. The number of hydrogen-bond donors (Lipinski definition) is 2. The molecule has 0 bridgehead atoms. The van der Waals surface area contributed by atoms with E-state index in [1.807, 2.05) is 41.3 Å². The lowest BCUT2D eigenvalue weighted by atomic mass is 9.99. The molecule has 0 fully saturated rings. The minimum absolute atomic E-state index is 0.0436. The normalized spacial score (nSPS) is 16.8. The molecule has 1 aromatic heterocycles. The Morgan fingerprint density at radius 3 is 2.67 bits per heavy atom. The highest BCUT2D eigenvalue weighted by atomic mass is 16.3. The summed E-state index contributed by atoms with van der Waals surface area (Å²) in [6, 6.07) is 15.9. The van der Waals surface area contributed by atoms with Gasteiger partial charge >= 0.3 is 0 Å². The van der Waals surface area contributed by atoms with Crippen molar-refractivity contribution in [2.24, 2.45) is 0 Å². The Morgan fingerprint density at radius 2 is 1.88 bits per heavy atom. The Labute approximate surface area is 140 Å². The smallest absolute Gasteiger partial charge is 0.255 e. The first-order chi connectivity index (χ1) is 11.7. The molecule has 0 radical (unpaired) electrons. The Morgan fingerprint density at radius 1 is 1.12 bits per heavy atom. The molecule has 4 heteroatoms. The number of fused-ring (bicyclic) bond motifs is 2. The van der Waals surface area contributed by atoms with Gasteiger partial charge in [0.1, 0.15) is 0 Å². The van der Waals surface area contributed by atoms with Gasteiger partial charge in [-0.15, -0.1) is 0 Å². The molecule has 1 aliphatic heterocycles. The Bertz CT molecular complexity index is 913. The number of hydrogen-bond acceptors (Lipinski definition) is 2. The maximum Gasteiger partial charge on any atom is 0.255 e. The molecule has 0 spiro atoms. The van der Waals surface area contributed by atoms with Crippen molar-refractivity contribution in [2.75, 3.05) is 13.2 Å². The molecule has 2 N–H and O–H groups in total. The van der Waals surface area contributed by atoms with Gasteiger partial charge in [-0.3, -0.25) is 4.79 Å². The van der Waals surface area contributed by atoms with Gasteiger partial charge in [-0.1, -0.05) is 36.4 Å². The van der Waals surface area contributed by atoms with Gasteiger partial charge < -0.3 is 15.0 Å². The molecular weight excluding hydrogens is 300 g/mol. The van der Waals surface area contributed by atoms with Crippen LogP contribution >= 0.6 is 0 Å². The number of carbonyl (C=O) groups excluding carboxylic acids is 1. The van der Waals surface area contributed by atoms with Crippen molar-refractivity contribution in [3.8, 4) is 0 Å². The fourth-order valence-electron chi connectivity index (χ4n) is 3.73. The second kappa shape index (κ2) is 5.80. The number of aliphatic hydroxyl groups is 1. The Balaban J connectivity index is 1.89. The fraction of sp³-hybridized carbons (Fsp3) is 0.250. The number of aromatic nitrogens is 1. The third-order valence-corrected chi connectivity index (χ3v) is 4.89. The first-order valence-corrected chi connectivity index (χ1v) is 8.30. The van der Waals surface area contributed by atoms with Gasteiger partial charge in [0.15, 0.2) is 0 Å². The highest BCUT2D eigenvalue weighted by Crippen LogP contribution is 2.40. The number of benzene rings is 2. The molecule has 0 saturated carbocycles. The summed E-state index contributed by atoms with van der Waals surface area (Å²) in [6.45, 7) is 2.73. The summed E-state index contributed by atoms with van der Waals surface area (Å²) in [6.07, 6.45) is 0.579. The quantitative estimate of drug-likeness (QED) is 0.774. The number of H-pyrrole nitrogens is 1. The van der Waals surface area contributed by atoms with Crippen LogP contribution in [-0.2, 0) is 0 Å². The van der Waals surface area contributed by atoms with Crippen LogP contribution in [0.2, 0.25) is 0 Å². The van der Waals surface area contributed by atoms with Crippen molar-refractivity contribution in [1.29, 1.82) is 0 Å². The van der Waals surface area contributed by atoms with E-state index in [1.54, 1.807) is 0 Å². The average molecular weight is 320 g/mol. The van der Waals surface area contributed by atoms with Gasteiger partial charge in [-0.25, -0.2) is 0 Å². The van der Waals surface area contributed by atoms with Crippen molar-refractivity contribution in [2.45, 2.75) is 19.4 Å². The molecule has 2 heterocycles. The predicted octanol–water partition coefficient (Wildman–Crippen LogP) is 3.40. The van der Waals surface area contributed by atoms with Crippen LogP contribution in [0.4, 0.5) is 0 Å². The van der Waals surface area contributed by atoms with Crippen molar-refractivity contribution in [3.05, 3.63) is 70.9 Å². The van der Waals surface area contributed by atoms with Crippen molar-refractivity contribution in [1.82, 2.24) is 9.88 Å². The lowest BCUT2D eigenvalue weighted by molar-refractivity contribution is 0.0735. The van der Waals surface area contributed by atoms with E-state index in [2.05, 4.69) is 24.0 Å². The number of nitrogens with zero attached hydrogens (tertiary/aromatic N) is 1. The van der Waals surface area contributed by atoms with Crippen LogP contribution in [0.5, 0.6) is 0 Å². The molecule has 1 amide bonds. The monoisotopic (exact) mass is 320 g/mol. The highest BCUT2D eigenvalue weighted by Gasteiger charge is 2.38. The van der Waals surface area contributed by atoms with Crippen molar-refractivity contribution >= 4 is 16.8 Å². The lowest BCUT2D eigenvalue weighted by Crippen LogP contribution is -2.30. The van der Waals surface area contributed by atoms with Crippen LogP contribution < -0.4 is 0 Å². The molecule has 1 atom stereocenters. The molecule has 1 aliphatic rings. The molecule has 122 valence electrons. The summed E-state index contributed by atoms with van der Waals surface area (Å²) in [4.78, 5) is 18.2. The summed E-state index contributed by atoms with van der Waals surface area (Å²) in [5.74, 6) is 0.0436. The minimum atomic E-state index is -0.118. The number of aryl methyl sites for hydroxylation is 1. The SMILES string of the molecule is Cc1c(C2c3ccccc3C(=O)N2CCCO)[nH]c2ccccc12.